The van der Waals surface area contributed by atoms with E-state index in [1.54, 1.807) is 21.3 Å². The molecule has 5 rings (SSSR count). The second-order valence-corrected chi connectivity index (χ2v) is 7.87. The first-order chi connectivity index (χ1) is 15.1. The maximum Gasteiger partial charge on any atom is 0.231 e. The normalized spacial score (nSPS) is 16.5. The highest BCUT2D eigenvalue weighted by atomic mass is 32.1. The first kappa shape index (κ1) is 19.5. The fraction of sp³-hybridized carbons (Fsp3) is 0.273. The molecule has 1 N–H and O–H groups in total. The average Bonchev–Trinajstić information content (AvgIpc) is 3.45. The third kappa shape index (κ3) is 3.12. The monoisotopic (exact) mass is 440 g/mol. The summed E-state index contributed by atoms with van der Waals surface area (Å²) in [6.45, 7) is 0.0874. The third-order valence-corrected chi connectivity index (χ3v) is 6.40. The number of ether oxygens (including phenoxy) is 5. The molecule has 0 aliphatic carbocycles. The Bertz CT molecular complexity index is 1160. The van der Waals surface area contributed by atoms with Crippen LogP contribution in [0.4, 0.5) is 5.69 Å². The Morgan fingerprint density at radius 2 is 1.84 bits per heavy atom. The number of anilines is 1. The van der Waals surface area contributed by atoms with Gasteiger partial charge in [0.2, 0.25) is 24.2 Å². The van der Waals surface area contributed by atoms with Crippen LogP contribution >= 0.6 is 11.5 Å². The summed E-state index contributed by atoms with van der Waals surface area (Å²) in [6, 6.07) is 9.44. The maximum atomic E-state index is 12.7. The first-order valence-electron chi connectivity index (χ1n) is 9.63. The van der Waals surface area contributed by atoms with Crippen LogP contribution in [0.5, 0.6) is 28.7 Å². The molecule has 0 saturated heterocycles. The molecule has 1 atom stereocenters. The fourth-order valence-corrected chi connectivity index (χ4v) is 4.94. The summed E-state index contributed by atoms with van der Waals surface area (Å²) in [4.78, 5) is 13.6. The Hall–Kier alpha value is -3.46. The van der Waals surface area contributed by atoms with Gasteiger partial charge in [0.05, 0.1) is 31.9 Å². The fourth-order valence-electron chi connectivity index (χ4n) is 3.98. The molecule has 1 aromatic heterocycles. The first-order valence-corrected chi connectivity index (χ1v) is 10.4. The van der Waals surface area contributed by atoms with E-state index in [9.17, 15) is 4.79 Å². The lowest BCUT2D eigenvalue weighted by Crippen LogP contribution is -2.23. The SMILES string of the molecule is COc1ccc(-c2nsc3c2NC(=O)C[C@H]3c2cc(OC)c3c(c2OC)OCO3)cc1. The summed E-state index contributed by atoms with van der Waals surface area (Å²) < 4.78 is 32.3. The van der Waals surface area contributed by atoms with Crippen LogP contribution in [0.15, 0.2) is 30.3 Å². The zero-order chi connectivity index (χ0) is 21.5. The van der Waals surface area contributed by atoms with E-state index in [1.165, 1.54) is 11.5 Å². The van der Waals surface area contributed by atoms with Crippen molar-refractivity contribution in [3.8, 4) is 40.0 Å². The largest absolute Gasteiger partial charge is 0.497 e. The zero-order valence-corrected chi connectivity index (χ0v) is 18.0. The van der Waals surface area contributed by atoms with E-state index in [4.69, 9.17) is 23.7 Å². The van der Waals surface area contributed by atoms with Crippen LogP contribution in [0.25, 0.3) is 11.3 Å². The van der Waals surface area contributed by atoms with Gasteiger partial charge in [0, 0.05) is 23.5 Å². The second kappa shape index (κ2) is 7.66. The summed E-state index contributed by atoms with van der Waals surface area (Å²) in [5.41, 5.74) is 3.14. The van der Waals surface area contributed by atoms with E-state index in [2.05, 4.69) is 9.69 Å². The summed E-state index contributed by atoms with van der Waals surface area (Å²) in [5, 5.41) is 3.00. The minimum Gasteiger partial charge on any atom is -0.497 e. The predicted octanol–water partition coefficient (Wildman–Crippen LogP) is 4.04. The van der Waals surface area contributed by atoms with E-state index in [0.29, 0.717) is 23.0 Å². The van der Waals surface area contributed by atoms with Gasteiger partial charge in [-0.2, -0.15) is 4.37 Å². The standard InChI is InChI=1S/C22H20N2O6S/c1-26-12-6-4-11(5-7-12)17-18-22(31-24-17)14(9-16(25)23-18)13-8-15(27-2)20-21(19(13)28-3)30-10-29-20/h4-8,14H,9-10H2,1-3H3,(H,23,25)/t14-/m0/s1. The van der Waals surface area contributed by atoms with E-state index >= 15 is 0 Å². The molecule has 3 heterocycles. The van der Waals surface area contributed by atoms with Gasteiger partial charge in [0.25, 0.3) is 0 Å². The van der Waals surface area contributed by atoms with Crippen LogP contribution in [0.1, 0.15) is 22.8 Å². The number of rotatable bonds is 5. The minimum atomic E-state index is -0.258. The number of carbonyl (C=O) groups excluding carboxylic acids is 1. The predicted molar refractivity (Wildman–Crippen MR) is 115 cm³/mol. The van der Waals surface area contributed by atoms with Crippen LogP contribution in [0, 0.1) is 0 Å². The Morgan fingerprint density at radius 3 is 2.55 bits per heavy atom. The van der Waals surface area contributed by atoms with Gasteiger partial charge in [-0.05, 0) is 41.9 Å². The highest BCUT2D eigenvalue weighted by Gasteiger charge is 2.37. The quantitative estimate of drug-likeness (QED) is 0.641. The third-order valence-electron chi connectivity index (χ3n) is 5.44. The van der Waals surface area contributed by atoms with Crippen molar-refractivity contribution in [2.75, 3.05) is 33.4 Å². The van der Waals surface area contributed by atoms with Gasteiger partial charge in [-0.1, -0.05) is 0 Å². The van der Waals surface area contributed by atoms with Crippen molar-refractivity contribution in [1.82, 2.24) is 4.37 Å². The lowest BCUT2D eigenvalue weighted by atomic mass is 9.88. The van der Waals surface area contributed by atoms with Crippen molar-refractivity contribution in [2.45, 2.75) is 12.3 Å². The van der Waals surface area contributed by atoms with Gasteiger partial charge >= 0.3 is 0 Å². The Kier molecular flexibility index (Phi) is 4.82. The molecule has 3 aromatic rings. The number of benzene rings is 2. The molecule has 2 aliphatic rings. The number of nitrogens with zero attached hydrogens (tertiary/aromatic N) is 1. The molecule has 0 bridgehead atoms. The molecule has 0 fully saturated rings. The highest BCUT2D eigenvalue weighted by Crippen LogP contribution is 2.55. The molecule has 0 unspecified atom stereocenters. The smallest absolute Gasteiger partial charge is 0.231 e. The molecule has 9 heteroatoms. The molecular formula is C22H20N2O6S. The van der Waals surface area contributed by atoms with Crippen molar-refractivity contribution in [1.29, 1.82) is 0 Å². The molecule has 160 valence electrons. The Labute approximate surface area is 182 Å². The van der Waals surface area contributed by atoms with Crippen molar-refractivity contribution in [2.24, 2.45) is 0 Å². The van der Waals surface area contributed by atoms with Crippen molar-refractivity contribution in [3.63, 3.8) is 0 Å². The summed E-state index contributed by atoms with van der Waals surface area (Å²) >= 11 is 1.36. The number of amides is 1. The van der Waals surface area contributed by atoms with Crippen LogP contribution in [0.3, 0.4) is 0 Å². The number of fused-ring (bicyclic) bond motifs is 2. The van der Waals surface area contributed by atoms with Gasteiger partial charge in [-0.3, -0.25) is 4.79 Å². The molecule has 2 aromatic carbocycles. The maximum absolute atomic E-state index is 12.7. The topological polar surface area (TPSA) is 88.1 Å². The Morgan fingerprint density at radius 1 is 1.06 bits per heavy atom. The van der Waals surface area contributed by atoms with Gasteiger partial charge in [0.1, 0.15) is 11.4 Å². The lowest BCUT2D eigenvalue weighted by molar-refractivity contribution is -0.116. The number of aromatic nitrogens is 1. The average molecular weight is 440 g/mol. The van der Waals surface area contributed by atoms with Gasteiger partial charge in [-0.15, -0.1) is 0 Å². The summed E-state index contributed by atoms with van der Waals surface area (Å²) in [6.07, 6.45) is 0.260. The number of carbonyl (C=O) groups is 1. The lowest BCUT2D eigenvalue weighted by Gasteiger charge is -2.25. The molecule has 31 heavy (non-hydrogen) atoms. The summed E-state index contributed by atoms with van der Waals surface area (Å²) in [5.74, 6) is 2.48. The summed E-state index contributed by atoms with van der Waals surface area (Å²) in [7, 11) is 4.77. The number of methoxy groups -OCH3 is 3. The Balaban J connectivity index is 1.64. The van der Waals surface area contributed by atoms with E-state index < -0.39 is 0 Å². The van der Waals surface area contributed by atoms with Crippen LogP contribution in [0.2, 0.25) is 0 Å². The van der Waals surface area contributed by atoms with Crippen molar-refractivity contribution < 1.29 is 28.5 Å². The highest BCUT2D eigenvalue weighted by molar-refractivity contribution is 7.07. The van der Waals surface area contributed by atoms with Crippen LogP contribution in [-0.4, -0.2) is 38.4 Å². The number of nitrogens with one attached hydrogen (secondary N) is 1. The molecule has 2 aliphatic heterocycles. The van der Waals surface area contributed by atoms with Crippen LogP contribution < -0.4 is 29.0 Å². The molecule has 0 radical (unpaired) electrons. The zero-order valence-electron chi connectivity index (χ0n) is 17.2. The van der Waals surface area contributed by atoms with Crippen molar-refractivity contribution in [3.05, 3.63) is 40.8 Å². The molecule has 1 amide bonds. The minimum absolute atomic E-state index is 0.0874. The number of hydrogen-bond donors (Lipinski definition) is 1. The van der Waals surface area contributed by atoms with E-state index in [0.717, 1.165) is 33.1 Å². The van der Waals surface area contributed by atoms with Crippen molar-refractivity contribution >= 4 is 23.1 Å². The molecule has 8 nitrogen and oxygen atoms in total. The van der Waals surface area contributed by atoms with Gasteiger partial charge in [-0.25, -0.2) is 0 Å². The van der Waals surface area contributed by atoms with E-state index in [-0.39, 0.29) is 25.0 Å². The molecule has 0 spiro atoms. The van der Waals surface area contributed by atoms with Gasteiger partial charge in [0.15, 0.2) is 11.5 Å². The van der Waals surface area contributed by atoms with E-state index in [1.807, 2.05) is 30.3 Å². The molecule has 0 saturated carbocycles. The molecular weight excluding hydrogens is 420 g/mol. The van der Waals surface area contributed by atoms with Crippen LogP contribution in [-0.2, 0) is 4.79 Å². The van der Waals surface area contributed by atoms with Gasteiger partial charge < -0.3 is 29.0 Å². The second-order valence-electron chi connectivity index (χ2n) is 7.07. The number of hydrogen-bond acceptors (Lipinski definition) is 8.